The van der Waals surface area contributed by atoms with Gasteiger partial charge in [-0.3, -0.25) is 9.69 Å². The number of furan rings is 1. The van der Waals surface area contributed by atoms with Gasteiger partial charge in [0.05, 0.1) is 25.3 Å². The van der Waals surface area contributed by atoms with Crippen LogP contribution in [0.4, 0.5) is 0 Å². The number of carbonyl (C=O) groups is 1. The van der Waals surface area contributed by atoms with Crippen molar-refractivity contribution in [3.05, 3.63) is 47.2 Å². The number of amides is 1. The molecule has 2 heterocycles. The van der Waals surface area contributed by atoms with Crippen LogP contribution in [0.25, 0.3) is 11.3 Å². The van der Waals surface area contributed by atoms with Gasteiger partial charge in [-0.25, -0.2) is 0 Å². The molecule has 1 aromatic heterocycles. The molecule has 0 bridgehead atoms. The number of halogens is 1. The molecule has 1 saturated heterocycles. The monoisotopic (exact) mass is 376 g/mol. The number of nitrogens with zero attached hydrogens (tertiary/aromatic N) is 2. The van der Waals surface area contributed by atoms with E-state index in [4.69, 9.17) is 20.8 Å². The van der Waals surface area contributed by atoms with Gasteiger partial charge in [-0.15, -0.1) is 0 Å². The summed E-state index contributed by atoms with van der Waals surface area (Å²) < 4.78 is 11.6. The summed E-state index contributed by atoms with van der Waals surface area (Å²) in [5.41, 5.74) is 0.964. The maximum absolute atomic E-state index is 12.5. The molecule has 26 heavy (non-hydrogen) atoms. The highest BCUT2D eigenvalue weighted by atomic mass is 35.5. The van der Waals surface area contributed by atoms with E-state index in [-0.39, 0.29) is 18.1 Å². The van der Waals surface area contributed by atoms with Crippen molar-refractivity contribution in [3.8, 4) is 11.3 Å². The number of hydrogen-bond acceptors (Lipinski definition) is 4. The number of morpholine rings is 1. The second-order valence-corrected chi connectivity index (χ2v) is 7.41. The molecule has 2 atom stereocenters. The van der Waals surface area contributed by atoms with Gasteiger partial charge >= 0.3 is 0 Å². The highest BCUT2D eigenvalue weighted by molar-refractivity contribution is 6.30. The van der Waals surface area contributed by atoms with E-state index in [9.17, 15) is 4.79 Å². The zero-order valence-corrected chi connectivity index (χ0v) is 16.2. The average molecular weight is 377 g/mol. The van der Waals surface area contributed by atoms with Gasteiger partial charge in [0.1, 0.15) is 11.5 Å². The minimum Gasteiger partial charge on any atom is -0.459 e. The topological polar surface area (TPSA) is 45.9 Å². The number of rotatable bonds is 5. The zero-order valence-electron chi connectivity index (χ0n) is 15.4. The third-order valence-corrected chi connectivity index (χ3v) is 4.72. The lowest BCUT2D eigenvalue weighted by atomic mass is 10.2. The van der Waals surface area contributed by atoms with Gasteiger partial charge in [0.15, 0.2) is 0 Å². The second kappa shape index (κ2) is 8.25. The van der Waals surface area contributed by atoms with Crippen LogP contribution in [0.5, 0.6) is 0 Å². The molecule has 1 fully saturated rings. The van der Waals surface area contributed by atoms with Crippen LogP contribution in [-0.4, -0.2) is 54.6 Å². The first kappa shape index (κ1) is 19.0. The first-order chi connectivity index (χ1) is 12.4. The lowest BCUT2D eigenvalue weighted by molar-refractivity contribution is -0.135. The Morgan fingerprint density at radius 2 is 1.81 bits per heavy atom. The van der Waals surface area contributed by atoms with Crippen LogP contribution < -0.4 is 0 Å². The second-order valence-electron chi connectivity index (χ2n) is 6.97. The minimum absolute atomic E-state index is 0.0794. The van der Waals surface area contributed by atoms with Crippen LogP contribution in [0, 0.1) is 0 Å². The van der Waals surface area contributed by atoms with Gasteiger partial charge in [0, 0.05) is 30.7 Å². The average Bonchev–Trinajstić information content (AvgIpc) is 3.03. The summed E-state index contributed by atoms with van der Waals surface area (Å²) in [5, 5.41) is 0.692. The van der Waals surface area contributed by atoms with Crippen LogP contribution in [0.1, 0.15) is 19.6 Å². The molecule has 2 aromatic rings. The highest BCUT2D eigenvalue weighted by Crippen LogP contribution is 2.24. The molecule has 1 aliphatic heterocycles. The molecule has 0 radical (unpaired) electrons. The number of carbonyl (C=O) groups excluding carboxylic acids is 1. The van der Waals surface area contributed by atoms with Crippen molar-refractivity contribution in [2.75, 3.05) is 26.7 Å². The van der Waals surface area contributed by atoms with E-state index in [0.717, 1.165) is 30.2 Å². The molecule has 3 rings (SSSR count). The normalized spacial score (nSPS) is 20.9. The van der Waals surface area contributed by atoms with Crippen molar-refractivity contribution in [1.29, 1.82) is 0 Å². The molecule has 0 N–H and O–H groups in total. The summed E-state index contributed by atoms with van der Waals surface area (Å²) in [6.07, 6.45) is 0.313. The van der Waals surface area contributed by atoms with Crippen LogP contribution >= 0.6 is 11.6 Å². The van der Waals surface area contributed by atoms with Crippen molar-refractivity contribution < 1.29 is 13.9 Å². The Kier molecular flexibility index (Phi) is 6.01. The SMILES string of the molecule is C[C@@H]1CN(CC(=O)N(C)Cc2ccc(-c3ccc(Cl)cc3)o2)C[C@@H](C)O1. The van der Waals surface area contributed by atoms with E-state index in [1.165, 1.54) is 0 Å². The Morgan fingerprint density at radius 3 is 2.46 bits per heavy atom. The number of benzene rings is 1. The van der Waals surface area contributed by atoms with E-state index in [2.05, 4.69) is 4.90 Å². The van der Waals surface area contributed by atoms with Crippen molar-refractivity contribution in [1.82, 2.24) is 9.80 Å². The Labute approximate surface area is 159 Å². The zero-order chi connectivity index (χ0) is 18.7. The molecule has 0 aliphatic carbocycles. The first-order valence-electron chi connectivity index (χ1n) is 8.87. The van der Waals surface area contributed by atoms with E-state index < -0.39 is 0 Å². The van der Waals surface area contributed by atoms with Crippen molar-refractivity contribution >= 4 is 17.5 Å². The maximum atomic E-state index is 12.5. The number of hydrogen-bond donors (Lipinski definition) is 0. The first-order valence-corrected chi connectivity index (χ1v) is 9.25. The summed E-state index contributed by atoms with van der Waals surface area (Å²) in [6, 6.07) is 11.3. The number of likely N-dealkylation sites (N-methyl/N-ethyl adjacent to an activating group) is 1. The molecule has 140 valence electrons. The van der Waals surface area contributed by atoms with Gasteiger partial charge in [-0.1, -0.05) is 11.6 Å². The maximum Gasteiger partial charge on any atom is 0.236 e. The molecule has 0 unspecified atom stereocenters. The van der Waals surface area contributed by atoms with E-state index in [1.807, 2.05) is 50.2 Å². The molecule has 0 spiro atoms. The molecule has 0 saturated carbocycles. The van der Waals surface area contributed by atoms with Crippen molar-refractivity contribution in [3.63, 3.8) is 0 Å². The third-order valence-electron chi connectivity index (χ3n) is 4.46. The van der Waals surface area contributed by atoms with Crippen molar-refractivity contribution in [2.24, 2.45) is 0 Å². The van der Waals surface area contributed by atoms with Gasteiger partial charge in [0.2, 0.25) is 5.91 Å². The van der Waals surface area contributed by atoms with Crippen LogP contribution in [0.15, 0.2) is 40.8 Å². The molecule has 1 aromatic carbocycles. The van der Waals surface area contributed by atoms with E-state index in [0.29, 0.717) is 18.1 Å². The Bertz CT molecular complexity index is 734. The molecular weight excluding hydrogens is 352 g/mol. The van der Waals surface area contributed by atoms with Crippen LogP contribution in [0.2, 0.25) is 5.02 Å². The van der Waals surface area contributed by atoms with Crippen LogP contribution in [-0.2, 0) is 16.1 Å². The highest BCUT2D eigenvalue weighted by Gasteiger charge is 2.25. The van der Waals surface area contributed by atoms with E-state index >= 15 is 0 Å². The van der Waals surface area contributed by atoms with E-state index in [1.54, 1.807) is 11.9 Å². The Morgan fingerprint density at radius 1 is 1.15 bits per heavy atom. The predicted octanol–water partition coefficient (Wildman–Crippen LogP) is 3.67. The molecule has 1 amide bonds. The largest absolute Gasteiger partial charge is 0.459 e. The molecule has 5 nitrogen and oxygen atoms in total. The fourth-order valence-corrected chi connectivity index (χ4v) is 3.41. The lowest BCUT2D eigenvalue weighted by Gasteiger charge is -2.35. The summed E-state index contributed by atoms with van der Waals surface area (Å²) >= 11 is 5.92. The third kappa shape index (κ3) is 4.87. The molecule has 6 heteroatoms. The predicted molar refractivity (Wildman–Crippen MR) is 102 cm³/mol. The Balaban J connectivity index is 1.56. The molecule has 1 aliphatic rings. The number of ether oxygens (including phenoxy) is 1. The Hall–Kier alpha value is -1.82. The summed E-state index contributed by atoms with van der Waals surface area (Å²) in [5.74, 6) is 1.61. The summed E-state index contributed by atoms with van der Waals surface area (Å²) in [4.78, 5) is 16.4. The van der Waals surface area contributed by atoms with Gasteiger partial charge in [0.25, 0.3) is 0 Å². The summed E-state index contributed by atoms with van der Waals surface area (Å²) in [6.45, 7) is 6.49. The smallest absolute Gasteiger partial charge is 0.236 e. The lowest BCUT2D eigenvalue weighted by Crippen LogP contribution is -2.49. The minimum atomic E-state index is 0.0794. The fourth-order valence-electron chi connectivity index (χ4n) is 3.28. The fraction of sp³-hybridized carbons (Fsp3) is 0.450. The molecular formula is C20H25ClN2O3. The van der Waals surface area contributed by atoms with Crippen LogP contribution in [0.3, 0.4) is 0 Å². The standard InChI is InChI=1S/C20H25ClN2O3/c1-14-10-23(11-15(2)25-14)13-20(24)22(3)12-18-8-9-19(26-18)16-4-6-17(21)7-5-16/h4-9,14-15H,10-13H2,1-3H3/t14-,15-/m1/s1. The van der Waals surface area contributed by atoms with Gasteiger partial charge in [-0.2, -0.15) is 0 Å². The van der Waals surface area contributed by atoms with Crippen molar-refractivity contribution in [2.45, 2.75) is 32.6 Å². The summed E-state index contributed by atoms with van der Waals surface area (Å²) in [7, 11) is 1.81. The van der Waals surface area contributed by atoms with Gasteiger partial charge in [-0.05, 0) is 50.2 Å². The van der Waals surface area contributed by atoms with Gasteiger partial charge < -0.3 is 14.1 Å². The quantitative estimate of drug-likeness (QED) is 0.798.